The van der Waals surface area contributed by atoms with Crippen molar-refractivity contribution in [2.24, 2.45) is 0 Å². The average Bonchev–Trinajstić information content (AvgIpc) is 2.34. The normalized spacial score (nSPS) is 10.1. The van der Waals surface area contributed by atoms with Gasteiger partial charge in [0, 0.05) is 14.2 Å². The first-order chi connectivity index (χ1) is 7.76. The van der Waals surface area contributed by atoms with E-state index in [9.17, 15) is 0 Å². The highest BCUT2D eigenvalue weighted by Crippen LogP contribution is 2.17. The zero-order valence-corrected chi connectivity index (χ0v) is 11.4. The Morgan fingerprint density at radius 1 is 1.19 bits per heavy atom. The van der Waals surface area contributed by atoms with Crippen molar-refractivity contribution in [2.75, 3.05) is 14.2 Å². The second-order valence-corrected chi connectivity index (χ2v) is 3.24. The van der Waals surface area contributed by atoms with Crippen molar-refractivity contribution in [3.63, 3.8) is 0 Å². The molecule has 0 aliphatic carbocycles. The predicted molar refractivity (Wildman–Crippen MR) is 74.0 cm³/mol. The second kappa shape index (κ2) is 13.9. The van der Waals surface area contributed by atoms with E-state index in [2.05, 4.69) is 42.5 Å². The summed E-state index contributed by atoms with van der Waals surface area (Å²) in [5.41, 5.74) is 1.40. The smallest absolute Gasteiger partial charge is 0.0351 e. The van der Waals surface area contributed by atoms with Crippen LogP contribution in [0.3, 0.4) is 0 Å². The number of hydrogen-bond acceptors (Lipinski definition) is 1. The summed E-state index contributed by atoms with van der Waals surface area (Å²) in [4.78, 5) is 0. The lowest BCUT2D eigenvalue weighted by Crippen LogP contribution is -1.89. The van der Waals surface area contributed by atoms with Gasteiger partial charge in [0.25, 0.3) is 0 Å². The van der Waals surface area contributed by atoms with Crippen molar-refractivity contribution in [3.8, 4) is 0 Å². The van der Waals surface area contributed by atoms with E-state index in [-0.39, 0.29) is 0 Å². The first-order valence-electron chi connectivity index (χ1n) is 5.82. The van der Waals surface area contributed by atoms with E-state index in [0.717, 1.165) is 6.42 Å². The second-order valence-electron chi connectivity index (χ2n) is 3.24. The minimum atomic E-state index is 0.605. The van der Waals surface area contributed by atoms with Crippen molar-refractivity contribution in [2.45, 2.75) is 33.1 Å². The molecule has 1 aromatic carbocycles. The van der Waals surface area contributed by atoms with E-state index >= 15 is 0 Å². The topological polar surface area (TPSA) is 9.23 Å². The van der Waals surface area contributed by atoms with Crippen molar-refractivity contribution >= 4 is 0 Å². The van der Waals surface area contributed by atoms with Crippen molar-refractivity contribution in [1.29, 1.82) is 0 Å². The van der Waals surface area contributed by atoms with Gasteiger partial charge >= 0.3 is 0 Å². The molecule has 1 nitrogen and oxygen atoms in total. The van der Waals surface area contributed by atoms with Crippen LogP contribution in [-0.4, -0.2) is 14.2 Å². The van der Waals surface area contributed by atoms with Crippen LogP contribution in [0.5, 0.6) is 0 Å². The molecule has 92 valence electrons. The van der Waals surface area contributed by atoms with Crippen LogP contribution in [0, 0.1) is 0 Å². The summed E-state index contributed by atoms with van der Waals surface area (Å²) in [5.74, 6) is 0.605. The highest BCUT2D eigenvalue weighted by atomic mass is 16.4. The highest BCUT2D eigenvalue weighted by Gasteiger charge is 2.00. The summed E-state index contributed by atoms with van der Waals surface area (Å²) in [7, 11) is 3.25. The Morgan fingerprint density at radius 3 is 2.00 bits per heavy atom. The fourth-order valence-electron chi connectivity index (χ4n) is 1.17. The fraction of sp³-hybridized carbons (Fsp3) is 0.467. The Balaban J connectivity index is 0. The molecule has 0 saturated heterocycles. The lowest BCUT2D eigenvalue weighted by molar-refractivity contribution is 0.277. The number of ether oxygens (including phenoxy) is 1. The molecule has 0 amide bonds. The third-order valence-electron chi connectivity index (χ3n) is 1.89. The van der Waals surface area contributed by atoms with Gasteiger partial charge in [-0.15, -0.1) is 6.58 Å². The minimum Gasteiger partial charge on any atom is -0.388 e. The SMILES string of the molecule is C=CCC(C)c1ccccc1.CC.COC. The Labute approximate surface area is 101 Å². The summed E-state index contributed by atoms with van der Waals surface area (Å²) in [6, 6.07) is 10.5. The van der Waals surface area contributed by atoms with Crippen molar-refractivity contribution in [1.82, 2.24) is 0 Å². The molecule has 0 aliphatic heterocycles. The molecular formula is C15H26O. The van der Waals surface area contributed by atoms with E-state index < -0.39 is 0 Å². The molecule has 0 saturated carbocycles. The fourth-order valence-corrected chi connectivity index (χ4v) is 1.17. The molecule has 0 heterocycles. The molecule has 0 fully saturated rings. The number of hydrogen-bond donors (Lipinski definition) is 0. The molecule has 0 aliphatic rings. The first-order valence-corrected chi connectivity index (χ1v) is 5.82. The third kappa shape index (κ3) is 9.47. The Hall–Kier alpha value is -1.08. The van der Waals surface area contributed by atoms with Crippen molar-refractivity contribution in [3.05, 3.63) is 48.6 Å². The van der Waals surface area contributed by atoms with Gasteiger partial charge in [-0.2, -0.15) is 0 Å². The van der Waals surface area contributed by atoms with Gasteiger partial charge in [-0.1, -0.05) is 57.2 Å². The highest BCUT2D eigenvalue weighted by molar-refractivity contribution is 5.19. The number of methoxy groups -OCH3 is 1. The summed E-state index contributed by atoms with van der Waals surface area (Å²) in [6.45, 7) is 9.95. The van der Waals surface area contributed by atoms with Gasteiger partial charge < -0.3 is 4.74 Å². The van der Waals surface area contributed by atoms with Gasteiger partial charge in [0.1, 0.15) is 0 Å². The third-order valence-corrected chi connectivity index (χ3v) is 1.89. The monoisotopic (exact) mass is 222 g/mol. The quantitative estimate of drug-likeness (QED) is 0.676. The zero-order valence-electron chi connectivity index (χ0n) is 11.4. The van der Waals surface area contributed by atoms with E-state index in [1.165, 1.54) is 5.56 Å². The molecule has 1 aromatic rings. The van der Waals surface area contributed by atoms with E-state index in [1.54, 1.807) is 14.2 Å². The molecular weight excluding hydrogens is 196 g/mol. The number of allylic oxidation sites excluding steroid dienone is 1. The maximum Gasteiger partial charge on any atom is 0.0351 e. The van der Waals surface area contributed by atoms with Gasteiger partial charge in [0.2, 0.25) is 0 Å². The van der Waals surface area contributed by atoms with Gasteiger partial charge in [-0.3, -0.25) is 0 Å². The molecule has 0 bridgehead atoms. The van der Waals surface area contributed by atoms with Gasteiger partial charge in [-0.25, -0.2) is 0 Å². The summed E-state index contributed by atoms with van der Waals surface area (Å²) in [6.07, 6.45) is 3.03. The molecule has 1 unspecified atom stereocenters. The maximum absolute atomic E-state index is 4.25. The van der Waals surface area contributed by atoms with E-state index in [4.69, 9.17) is 0 Å². The molecule has 1 heteroatoms. The van der Waals surface area contributed by atoms with Crippen LogP contribution in [0.15, 0.2) is 43.0 Å². The van der Waals surface area contributed by atoms with Crippen LogP contribution in [-0.2, 0) is 4.74 Å². The van der Waals surface area contributed by atoms with Gasteiger partial charge in [0.05, 0.1) is 0 Å². The molecule has 16 heavy (non-hydrogen) atoms. The van der Waals surface area contributed by atoms with E-state index in [0.29, 0.717) is 5.92 Å². The largest absolute Gasteiger partial charge is 0.388 e. The van der Waals surface area contributed by atoms with Crippen molar-refractivity contribution < 1.29 is 4.74 Å². The van der Waals surface area contributed by atoms with Gasteiger partial charge in [0.15, 0.2) is 0 Å². The lowest BCUT2D eigenvalue weighted by Gasteiger charge is -2.07. The summed E-state index contributed by atoms with van der Waals surface area (Å²) >= 11 is 0. The predicted octanol–water partition coefficient (Wildman–Crippen LogP) is 4.66. The van der Waals surface area contributed by atoms with Crippen LogP contribution in [0.2, 0.25) is 0 Å². The van der Waals surface area contributed by atoms with Crippen LogP contribution in [0.25, 0.3) is 0 Å². The van der Waals surface area contributed by atoms with Crippen LogP contribution in [0.1, 0.15) is 38.7 Å². The Morgan fingerprint density at radius 2 is 1.62 bits per heavy atom. The molecule has 0 spiro atoms. The minimum absolute atomic E-state index is 0.605. The average molecular weight is 222 g/mol. The number of benzene rings is 1. The van der Waals surface area contributed by atoms with Gasteiger partial charge in [-0.05, 0) is 17.9 Å². The van der Waals surface area contributed by atoms with Crippen LogP contribution in [0.4, 0.5) is 0 Å². The lowest BCUT2D eigenvalue weighted by atomic mass is 9.98. The maximum atomic E-state index is 4.25. The number of rotatable bonds is 3. The Kier molecular flexibility index (Phi) is 15.1. The van der Waals surface area contributed by atoms with Crippen LogP contribution >= 0.6 is 0 Å². The van der Waals surface area contributed by atoms with E-state index in [1.807, 2.05) is 26.0 Å². The molecule has 1 rings (SSSR count). The summed E-state index contributed by atoms with van der Waals surface area (Å²) in [5, 5.41) is 0. The summed E-state index contributed by atoms with van der Waals surface area (Å²) < 4.78 is 4.25. The Bertz CT molecular complexity index is 228. The molecule has 0 aromatic heterocycles. The standard InChI is InChI=1S/C11H14.C2H6O.C2H6/c1-3-7-10(2)11-8-5-4-6-9-11;1-3-2;1-2/h3-6,8-10H,1,7H2,2H3;1-2H3;1-2H3. The molecule has 0 radical (unpaired) electrons. The van der Waals surface area contributed by atoms with Crippen LogP contribution < -0.4 is 0 Å². The molecule has 1 atom stereocenters. The zero-order chi connectivity index (χ0) is 12.8. The molecule has 0 N–H and O–H groups in total. The first kappa shape index (κ1) is 17.3.